The van der Waals surface area contributed by atoms with E-state index in [4.69, 9.17) is 4.74 Å². The summed E-state index contributed by atoms with van der Waals surface area (Å²) >= 11 is 0. The minimum atomic E-state index is -0.841. The zero-order chi connectivity index (χ0) is 13.9. The molecule has 0 aliphatic carbocycles. The maximum Gasteiger partial charge on any atom is 0.162 e. The van der Waals surface area contributed by atoms with Crippen LogP contribution in [0.3, 0.4) is 0 Å². The fourth-order valence-electron chi connectivity index (χ4n) is 2.54. The molecule has 0 radical (unpaired) electrons. The van der Waals surface area contributed by atoms with E-state index in [1.165, 1.54) is 0 Å². The van der Waals surface area contributed by atoms with Gasteiger partial charge in [-0.05, 0) is 25.0 Å². The Hall–Kier alpha value is -2.19. The van der Waals surface area contributed by atoms with Gasteiger partial charge in [-0.15, -0.1) is 0 Å². The number of aromatic amines is 1. The Balaban J connectivity index is 1.81. The molecule has 5 nitrogen and oxygen atoms in total. The number of Topliss-reactive ketones (excluding diaryl/α,β-unsaturated/α-hetero) is 1. The third kappa shape index (κ3) is 2.43. The summed E-state index contributed by atoms with van der Waals surface area (Å²) in [6, 6.07) is 9.56. The second-order valence-corrected chi connectivity index (χ2v) is 5.01. The summed E-state index contributed by atoms with van der Waals surface area (Å²) in [6.07, 6.45) is 2.13. The molecular weight excluding hydrogens is 254 g/mol. The molecule has 20 heavy (non-hydrogen) atoms. The summed E-state index contributed by atoms with van der Waals surface area (Å²) in [5, 5.41) is 9.28. The lowest BCUT2D eigenvalue weighted by Crippen LogP contribution is -2.19. The first-order chi connectivity index (χ1) is 9.78. The fraction of sp³-hybridized carbons (Fsp3) is 0.400. The van der Waals surface area contributed by atoms with Crippen molar-refractivity contribution in [2.75, 3.05) is 6.61 Å². The summed E-state index contributed by atoms with van der Waals surface area (Å²) < 4.78 is 5.45. The van der Waals surface area contributed by atoms with Gasteiger partial charge < -0.3 is 9.72 Å². The number of fused-ring (bicyclic) bond motifs is 1. The normalized spacial score (nSPS) is 19.9. The van der Waals surface area contributed by atoms with Crippen LogP contribution in [0.4, 0.5) is 0 Å². The highest BCUT2D eigenvalue weighted by atomic mass is 16.5. The molecule has 0 amide bonds. The monoisotopic (exact) mass is 269 g/mol. The quantitative estimate of drug-likeness (QED) is 0.923. The number of para-hydroxylation sites is 2. The molecule has 2 atom stereocenters. The van der Waals surface area contributed by atoms with E-state index in [0.29, 0.717) is 12.4 Å². The number of ketones is 1. The van der Waals surface area contributed by atoms with Crippen LogP contribution in [-0.4, -0.2) is 28.5 Å². The molecule has 1 saturated heterocycles. The number of ether oxygens (including phenoxy) is 1. The second-order valence-electron chi connectivity index (χ2n) is 5.01. The number of H-pyrrole nitrogens is 1. The highest BCUT2D eigenvalue weighted by Crippen LogP contribution is 2.23. The Morgan fingerprint density at radius 1 is 1.55 bits per heavy atom. The van der Waals surface area contributed by atoms with E-state index in [-0.39, 0.29) is 18.3 Å². The van der Waals surface area contributed by atoms with Gasteiger partial charge in [0.25, 0.3) is 0 Å². The van der Waals surface area contributed by atoms with Crippen LogP contribution in [-0.2, 0) is 9.53 Å². The Morgan fingerprint density at radius 3 is 3.10 bits per heavy atom. The Morgan fingerprint density at radius 2 is 2.40 bits per heavy atom. The highest BCUT2D eigenvalue weighted by molar-refractivity contribution is 5.89. The number of carbonyl (C=O) groups excluding carboxylic acids is 1. The maximum absolute atomic E-state index is 12.2. The Kier molecular flexibility index (Phi) is 3.48. The van der Waals surface area contributed by atoms with Crippen molar-refractivity contribution in [2.45, 2.75) is 31.3 Å². The lowest BCUT2D eigenvalue weighted by molar-refractivity contribution is -0.121. The zero-order valence-corrected chi connectivity index (χ0v) is 11.0. The van der Waals surface area contributed by atoms with E-state index in [9.17, 15) is 10.1 Å². The molecule has 1 N–H and O–H groups in total. The number of nitrogens with one attached hydrogen (secondary N) is 1. The van der Waals surface area contributed by atoms with Crippen LogP contribution < -0.4 is 0 Å². The smallest absolute Gasteiger partial charge is 0.162 e. The average molecular weight is 269 g/mol. The van der Waals surface area contributed by atoms with Gasteiger partial charge in [0, 0.05) is 13.0 Å². The van der Waals surface area contributed by atoms with Gasteiger partial charge in [0.1, 0.15) is 5.82 Å². The van der Waals surface area contributed by atoms with Crippen LogP contribution in [0.25, 0.3) is 11.0 Å². The minimum Gasteiger partial charge on any atom is -0.378 e. The molecule has 1 aliphatic rings. The number of carbonyl (C=O) groups is 1. The second kappa shape index (κ2) is 5.43. The molecular formula is C15H15N3O2. The molecule has 3 rings (SSSR count). The number of rotatable bonds is 4. The molecule has 5 heteroatoms. The summed E-state index contributed by atoms with van der Waals surface area (Å²) in [6.45, 7) is 0.708. The number of aromatic nitrogens is 2. The van der Waals surface area contributed by atoms with Crippen molar-refractivity contribution in [3.63, 3.8) is 0 Å². The molecule has 1 aliphatic heterocycles. The van der Waals surface area contributed by atoms with E-state index in [0.717, 1.165) is 23.9 Å². The third-order valence-corrected chi connectivity index (χ3v) is 3.59. The van der Waals surface area contributed by atoms with Crippen LogP contribution in [0, 0.1) is 11.3 Å². The first-order valence-electron chi connectivity index (χ1n) is 6.76. The van der Waals surface area contributed by atoms with E-state index >= 15 is 0 Å². The van der Waals surface area contributed by atoms with Gasteiger partial charge in [-0.25, -0.2) is 4.98 Å². The molecule has 0 bridgehead atoms. The van der Waals surface area contributed by atoms with Crippen molar-refractivity contribution in [1.29, 1.82) is 5.26 Å². The molecule has 1 aromatic heterocycles. The largest absolute Gasteiger partial charge is 0.378 e. The number of nitriles is 1. The van der Waals surface area contributed by atoms with E-state index < -0.39 is 5.92 Å². The van der Waals surface area contributed by atoms with Crippen LogP contribution in [0.1, 0.15) is 31.0 Å². The van der Waals surface area contributed by atoms with Crippen LogP contribution in [0.2, 0.25) is 0 Å². The summed E-state index contributed by atoms with van der Waals surface area (Å²) in [5.41, 5.74) is 1.61. The third-order valence-electron chi connectivity index (χ3n) is 3.59. The van der Waals surface area contributed by atoms with Crippen LogP contribution in [0.5, 0.6) is 0 Å². The molecule has 0 saturated carbocycles. The molecule has 2 aromatic rings. The molecule has 2 heterocycles. The van der Waals surface area contributed by atoms with Gasteiger partial charge in [-0.3, -0.25) is 4.79 Å². The summed E-state index contributed by atoms with van der Waals surface area (Å²) in [4.78, 5) is 19.6. The van der Waals surface area contributed by atoms with Gasteiger partial charge in [-0.1, -0.05) is 12.1 Å². The fourth-order valence-corrected chi connectivity index (χ4v) is 2.54. The number of benzene rings is 1. The van der Waals surface area contributed by atoms with Gasteiger partial charge in [0.05, 0.1) is 23.2 Å². The van der Waals surface area contributed by atoms with Crippen molar-refractivity contribution in [1.82, 2.24) is 9.97 Å². The number of hydrogen-bond acceptors (Lipinski definition) is 4. The minimum absolute atomic E-state index is 0.0391. The lowest BCUT2D eigenvalue weighted by atomic mass is 9.99. The zero-order valence-electron chi connectivity index (χ0n) is 11.0. The Labute approximate surface area is 116 Å². The standard InChI is InChI=1S/C15H15N3O2/c16-9-11(14(19)8-10-4-3-7-20-10)15-17-12-5-1-2-6-13(12)18-15/h1-2,5-6,10-11H,3-4,7-8H2,(H,17,18)/t10-,11-/m1/s1. The predicted octanol–water partition coefficient (Wildman–Crippen LogP) is 2.31. The first-order valence-corrected chi connectivity index (χ1v) is 6.76. The molecule has 102 valence electrons. The molecule has 1 fully saturated rings. The van der Waals surface area contributed by atoms with Crippen molar-refractivity contribution < 1.29 is 9.53 Å². The van der Waals surface area contributed by atoms with Crippen molar-refractivity contribution in [2.24, 2.45) is 0 Å². The summed E-state index contributed by atoms with van der Waals surface area (Å²) in [5.74, 6) is -0.540. The molecule has 1 aromatic carbocycles. The van der Waals surface area contributed by atoms with Gasteiger partial charge in [0.2, 0.25) is 0 Å². The van der Waals surface area contributed by atoms with Gasteiger partial charge in [-0.2, -0.15) is 5.26 Å². The number of nitrogens with zero attached hydrogens (tertiary/aromatic N) is 2. The van der Waals surface area contributed by atoms with Gasteiger partial charge in [0.15, 0.2) is 11.7 Å². The maximum atomic E-state index is 12.2. The highest BCUT2D eigenvalue weighted by Gasteiger charge is 2.28. The van der Waals surface area contributed by atoms with Crippen molar-refractivity contribution in [3.8, 4) is 6.07 Å². The van der Waals surface area contributed by atoms with Crippen LogP contribution >= 0.6 is 0 Å². The topological polar surface area (TPSA) is 78.8 Å². The SMILES string of the molecule is N#C[C@H](C(=O)C[C@H]1CCCO1)c1nc2ccccc2[nH]1. The first kappa shape index (κ1) is 12.8. The predicted molar refractivity (Wildman–Crippen MR) is 73.0 cm³/mol. The van der Waals surface area contributed by atoms with E-state index in [1.807, 2.05) is 24.3 Å². The summed E-state index contributed by atoms with van der Waals surface area (Å²) in [7, 11) is 0. The molecule has 0 unspecified atom stereocenters. The van der Waals surface area contributed by atoms with Crippen molar-refractivity contribution in [3.05, 3.63) is 30.1 Å². The van der Waals surface area contributed by atoms with Crippen molar-refractivity contribution >= 4 is 16.8 Å². The van der Waals surface area contributed by atoms with E-state index in [2.05, 4.69) is 16.0 Å². The van der Waals surface area contributed by atoms with E-state index in [1.54, 1.807) is 0 Å². The molecule has 0 spiro atoms. The van der Waals surface area contributed by atoms with Gasteiger partial charge >= 0.3 is 0 Å². The number of hydrogen-bond donors (Lipinski definition) is 1. The number of imidazole rings is 1. The van der Waals surface area contributed by atoms with Crippen LogP contribution in [0.15, 0.2) is 24.3 Å². The lowest BCUT2D eigenvalue weighted by Gasteiger charge is -2.10. The Bertz CT molecular complexity index is 632. The average Bonchev–Trinajstić information content (AvgIpc) is 3.08.